The van der Waals surface area contributed by atoms with Crippen molar-refractivity contribution in [2.45, 2.75) is 45.8 Å². The molecule has 1 aliphatic rings. The largest absolute Gasteiger partial charge is 0.496 e. The van der Waals surface area contributed by atoms with Crippen molar-refractivity contribution in [1.82, 2.24) is 20.0 Å². The molecule has 0 radical (unpaired) electrons. The first-order valence-electron chi connectivity index (χ1n) is 11.4. The molecule has 0 aliphatic carbocycles. The second-order valence-electron chi connectivity index (χ2n) is 8.73. The Kier molecular flexibility index (Phi) is 7.36. The summed E-state index contributed by atoms with van der Waals surface area (Å²) in [4.78, 5) is 15.4. The number of hydrogen-bond acceptors (Lipinski definition) is 4. The fraction of sp³-hybridized carbons (Fsp3) is 0.385. The van der Waals surface area contributed by atoms with Crippen LogP contribution in [0.15, 0.2) is 48.5 Å². The number of carbonyl (C=O) groups excluding carboxylic acids is 1. The van der Waals surface area contributed by atoms with Gasteiger partial charge in [0, 0.05) is 31.2 Å². The standard InChI is InChI=1S/C26H31ClN4O2/c1-18-8-10-20(11-9-18)16-31-25(27)24(19(2)29-31)26(32)28-22-12-14-30(15-13-22)17-21-6-4-5-7-23(21)33-3/h4-11,22H,12-17H2,1-3H3,(H,28,32). The molecular weight excluding hydrogens is 436 g/mol. The highest BCUT2D eigenvalue weighted by atomic mass is 35.5. The van der Waals surface area contributed by atoms with Gasteiger partial charge < -0.3 is 10.1 Å². The van der Waals surface area contributed by atoms with Crippen LogP contribution in [0.3, 0.4) is 0 Å². The zero-order valence-corrected chi connectivity index (χ0v) is 20.2. The quantitative estimate of drug-likeness (QED) is 0.552. The monoisotopic (exact) mass is 466 g/mol. The second-order valence-corrected chi connectivity index (χ2v) is 9.09. The summed E-state index contributed by atoms with van der Waals surface area (Å²) < 4.78 is 7.17. The van der Waals surface area contributed by atoms with Crippen LogP contribution >= 0.6 is 11.6 Å². The number of amides is 1. The van der Waals surface area contributed by atoms with Crippen LogP contribution in [0.4, 0.5) is 0 Å². The van der Waals surface area contributed by atoms with Crippen molar-refractivity contribution in [2.75, 3.05) is 20.2 Å². The number of rotatable bonds is 7. The molecule has 4 rings (SSSR count). The molecule has 0 spiro atoms. The SMILES string of the molecule is COc1ccccc1CN1CCC(NC(=O)c2c(C)nn(Cc3ccc(C)cc3)c2Cl)CC1. The molecule has 1 N–H and O–H groups in total. The summed E-state index contributed by atoms with van der Waals surface area (Å²) in [5, 5.41) is 8.09. The molecule has 0 saturated carbocycles. The first-order chi connectivity index (χ1) is 15.9. The maximum Gasteiger partial charge on any atom is 0.256 e. The predicted molar refractivity (Wildman–Crippen MR) is 131 cm³/mol. The van der Waals surface area contributed by atoms with E-state index in [1.165, 1.54) is 11.1 Å². The first kappa shape index (κ1) is 23.3. The number of aromatic nitrogens is 2. The molecule has 1 amide bonds. The number of halogens is 1. The highest BCUT2D eigenvalue weighted by Crippen LogP contribution is 2.24. The summed E-state index contributed by atoms with van der Waals surface area (Å²) in [5.74, 6) is 0.775. The Labute approximate surface area is 200 Å². The Morgan fingerprint density at radius 2 is 1.79 bits per heavy atom. The second kappa shape index (κ2) is 10.4. The van der Waals surface area contributed by atoms with Crippen molar-refractivity contribution in [3.05, 3.63) is 81.6 Å². The van der Waals surface area contributed by atoms with Crippen molar-refractivity contribution >= 4 is 17.5 Å². The van der Waals surface area contributed by atoms with E-state index in [0.29, 0.717) is 23.0 Å². The van der Waals surface area contributed by atoms with Crippen molar-refractivity contribution in [1.29, 1.82) is 0 Å². The molecule has 2 aromatic carbocycles. The average molecular weight is 467 g/mol. The van der Waals surface area contributed by atoms with Crippen LogP contribution in [-0.2, 0) is 13.1 Å². The summed E-state index contributed by atoms with van der Waals surface area (Å²) in [6.07, 6.45) is 1.80. The van der Waals surface area contributed by atoms with E-state index in [9.17, 15) is 4.79 Å². The van der Waals surface area contributed by atoms with Gasteiger partial charge in [-0.2, -0.15) is 5.10 Å². The van der Waals surface area contributed by atoms with Gasteiger partial charge in [0.2, 0.25) is 0 Å². The van der Waals surface area contributed by atoms with E-state index in [2.05, 4.69) is 52.6 Å². The Morgan fingerprint density at radius 1 is 1.09 bits per heavy atom. The number of likely N-dealkylation sites (tertiary alicyclic amines) is 1. The minimum atomic E-state index is -0.143. The van der Waals surface area contributed by atoms with E-state index < -0.39 is 0 Å². The van der Waals surface area contributed by atoms with Crippen LogP contribution in [0.25, 0.3) is 0 Å². The zero-order valence-electron chi connectivity index (χ0n) is 19.5. The van der Waals surface area contributed by atoms with Crippen molar-refractivity contribution in [2.24, 2.45) is 0 Å². The lowest BCUT2D eigenvalue weighted by atomic mass is 10.0. The number of ether oxygens (including phenoxy) is 1. The third-order valence-electron chi connectivity index (χ3n) is 6.25. The van der Waals surface area contributed by atoms with Crippen LogP contribution in [0.5, 0.6) is 5.75 Å². The third-order valence-corrected chi connectivity index (χ3v) is 6.64. The minimum Gasteiger partial charge on any atom is -0.496 e. The smallest absolute Gasteiger partial charge is 0.256 e. The van der Waals surface area contributed by atoms with Gasteiger partial charge in [-0.3, -0.25) is 9.69 Å². The third kappa shape index (κ3) is 5.57. The Balaban J connectivity index is 1.34. The molecule has 1 saturated heterocycles. The van der Waals surface area contributed by atoms with Gasteiger partial charge in [-0.05, 0) is 38.3 Å². The van der Waals surface area contributed by atoms with Crippen molar-refractivity contribution < 1.29 is 9.53 Å². The number of aryl methyl sites for hydroxylation is 2. The average Bonchev–Trinajstić information content (AvgIpc) is 3.09. The lowest BCUT2D eigenvalue weighted by molar-refractivity contribution is 0.0908. The van der Waals surface area contributed by atoms with Gasteiger partial charge in [-0.15, -0.1) is 0 Å². The van der Waals surface area contributed by atoms with E-state index in [1.54, 1.807) is 11.8 Å². The van der Waals surface area contributed by atoms with Crippen LogP contribution in [0, 0.1) is 13.8 Å². The summed E-state index contributed by atoms with van der Waals surface area (Å²) >= 11 is 6.58. The lowest BCUT2D eigenvalue weighted by Crippen LogP contribution is -2.44. The molecule has 0 unspecified atom stereocenters. The summed E-state index contributed by atoms with van der Waals surface area (Å²) in [5.41, 5.74) is 4.61. The number of benzene rings is 2. The van der Waals surface area contributed by atoms with Gasteiger partial charge in [-0.25, -0.2) is 4.68 Å². The summed E-state index contributed by atoms with van der Waals surface area (Å²) in [7, 11) is 1.71. The summed E-state index contributed by atoms with van der Waals surface area (Å²) in [6, 6.07) is 16.5. The highest BCUT2D eigenvalue weighted by molar-refractivity contribution is 6.33. The topological polar surface area (TPSA) is 59.4 Å². The molecule has 33 heavy (non-hydrogen) atoms. The van der Waals surface area contributed by atoms with Gasteiger partial charge in [-0.1, -0.05) is 59.6 Å². The van der Waals surface area contributed by atoms with Crippen LogP contribution in [0.2, 0.25) is 5.15 Å². The molecule has 6 nitrogen and oxygen atoms in total. The number of para-hydroxylation sites is 1. The Bertz CT molecular complexity index is 1100. The maximum atomic E-state index is 13.0. The molecule has 174 valence electrons. The fourth-order valence-electron chi connectivity index (χ4n) is 4.35. The number of nitrogens with one attached hydrogen (secondary N) is 1. The maximum absolute atomic E-state index is 13.0. The number of hydrogen-bond donors (Lipinski definition) is 1. The molecule has 7 heteroatoms. The fourth-order valence-corrected chi connectivity index (χ4v) is 4.67. The molecule has 0 bridgehead atoms. The van der Waals surface area contributed by atoms with Crippen molar-refractivity contribution in [3.63, 3.8) is 0 Å². The van der Waals surface area contributed by atoms with Gasteiger partial charge in [0.15, 0.2) is 0 Å². The number of methoxy groups -OCH3 is 1. The van der Waals surface area contributed by atoms with E-state index in [4.69, 9.17) is 16.3 Å². The number of carbonyl (C=O) groups is 1. The minimum absolute atomic E-state index is 0.127. The molecule has 1 fully saturated rings. The lowest BCUT2D eigenvalue weighted by Gasteiger charge is -2.32. The van der Waals surface area contributed by atoms with Crippen LogP contribution in [-0.4, -0.2) is 46.8 Å². The van der Waals surface area contributed by atoms with Crippen molar-refractivity contribution in [3.8, 4) is 5.75 Å². The zero-order chi connectivity index (χ0) is 23.4. The van der Waals surface area contributed by atoms with Crippen LogP contribution < -0.4 is 10.1 Å². The summed E-state index contributed by atoms with van der Waals surface area (Å²) in [6.45, 7) is 7.11. The predicted octanol–water partition coefficient (Wildman–Crippen LogP) is 4.60. The molecule has 2 heterocycles. The van der Waals surface area contributed by atoms with Gasteiger partial charge in [0.25, 0.3) is 5.91 Å². The van der Waals surface area contributed by atoms with E-state index >= 15 is 0 Å². The number of nitrogens with zero attached hydrogens (tertiary/aromatic N) is 3. The van der Waals surface area contributed by atoms with Gasteiger partial charge in [0.05, 0.1) is 24.9 Å². The molecule has 0 atom stereocenters. The van der Waals surface area contributed by atoms with E-state index in [1.807, 2.05) is 25.1 Å². The van der Waals surface area contributed by atoms with Gasteiger partial charge >= 0.3 is 0 Å². The molecule has 1 aliphatic heterocycles. The normalized spacial score (nSPS) is 14.9. The number of piperidine rings is 1. The van der Waals surface area contributed by atoms with E-state index in [0.717, 1.165) is 43.8 Å². The Morgan fingerprint density at radius 3 is 2.48 bits per heavy atom. The first-order valence-corrected chi connectivity index (χ1v) is 11.8. The Hall–Kier alpha value is -2.83. The highest BCUT2D eigenvalue weighted by Gasteiger charge is 2.25. The van der Waals surface area contributed by atoms with E-state index in [-0.39, 0.29) is 11.9 Å². The van der Waals surface area contributed by atoms with Crippen LogP contribution in [0.1, 0.15) is 45.6 Å². The molecule has 3 aromatic rings. The van der Waals surface area contributed by atoms with Gasteiger partial charge in [0.1, 0.15) is 10.9 Å². The molecule has 1 aromatic heterocycles. The molecular formula is C26H31ClN4O2.